The lowest BCUT2D eigenvalue weighted by molar-refractivity contribution is 0.276. The van der Waals surface area contributed by atoms with Gasteiger partial charge in [-0.3, -0.25) is 0 Å². The minimum Gasteiger partial charge on any atom is -0.412 e. The van der Waals surface area contributed by atoms with E-state index in [1.165, 1.54) is 0 Å². The molecule has 17 nitrogen and oxygen atoms in total. The SMILES string of the molecule is O.O.O.O.O.OB(O)O.OB(O)O.OB(O)O.OB(O)O. The molecular formula is H22B4O17. The molecule has 0 bridgehead atoms. The zero-order chi connectivity index (χ0) is 14.3. The highest BCUT2D eigenvalue weighted by molar-refractivity contribution is 6.31. The first kappa shape index (κ1) is 58.8. The van der Waals surface area contributed by atoms with Crippen LogP contribution in [0.25, 0.3) is 0 Å². The first-order chi connectivity index (χ1) is 6.93. The Morgan fingerprint density at radius 1 is 0.238 bits per heavy atom. The van der Waals surface area contributed by atoms with E-state index in [4.69, 9.17) is 60.3 Å². The normalized spacial score (nSPS) is 5.14. The van der Waals surface area contributed by atoms with Crippen molar-refractivity contribution in [2.45, 2.75) is 0 Å². The summed E-state index contributed by atoms with van der Waals surface area (Å²) in [6.45, 7) is 0. The molecule has 0 rings (SSSR count). The third kappa shape index (κ3) is 34300. The lowest BCUT2D eigenvalue weighted by Crippen LogP contribution is -2.07. The maximum absolute atomic E-state index is 7.17. The summed E-state index contributed by atoms with van der Waals surface area (Å²) < 4.78 is 0. The molecule has 0 aromatic rings. The average Bonchev–Trinajstić information content (AvgIpc) is 1.76. The summed E-state index contributed by atoms with van der Waals surface area (Å²) in [5.74, 6) is 0. The Labute approximate surface area is 118 Å². The molecule has 0 aromatic heterocycles. The molecule has 0 spiro atoms. The van der Waals surface area contributed by atoms with Crippen LogP contribution in [0.1, 0.15) is 0 Å². The maximum atomic E-state index is 7.17. The summed E-state index contributed by atoms with van der Waals surface area (Å²) in [4.78, 5) is 0. The number of hydrogen-bond acceptors (Lipinski definition) is 12. The second kappa shape index (κ2) is 50.4. The highest BCUT2D eigenvalue weighted by atomic mass is 16.5. The van der Waals surface area contributed by atoms with E-state index >= 15 is 0 Å². The molecule has 21 heavy (non-hydrogen) atoms. The monoisotopic (exact) mass is 338 g/mol. The Bertz CT molecular complexity index is 57.8. The van der Waals surface area contributed by atoms with Crippen LogP contribution >= 0.6 is 0 Å². The Morgan fingerprint density at radius 2 is 0.238 bits per heavy atom. The van der Waals surface area contributed by atoms with Crippen molar-refractivity contribution in [3.05, 3.63) is 0 Å². The standard InChI is InChI=1S/4BH3O3.5H2O/c4*2-1(3)4;;;;;/h4*2-4H;5*1H2. The van der Waals surface area contributed by atoms with Crippen LogP contribution in [0.4, 0.5) is 0 Å². The van der Waals surface area contributed by atoms with Crippen LogP contribution < -0.4 is 0 Å². The Morgan fingerprint density at radius 3 is 0.238 bits per heavy atom. The molecule has 0 unspecified atom stereocenters. The number of rotatable bonds is 0. The van der Waals surface area contributed by atoms with Gasteiger partial charge in [0.2, 0.25) is 0 Å². The summed E-state index contributed by atoms with van der Waals surface area (Å²) in [7, 11) is -8.67. The van der Waals surface area contributed by atoms with E-state index in [1.54, 1.807) is 0 Å². The molecule has 0 aromatic carbocycles. The summed E-state index contributed by atoms with van der Waals surface area (Å²) in [6.07, 6.45) is 0. The van der Waals surface area contributed by atoms with E-state index in [-0.39, 0.29) is 27.4 Å². The van der Waals surface area contributed by atoms with Crippen LogP contribution in [0.5, 0.6) is 0 Å². The topological polar surface area (TPSA) is 400 Å². The molecule has 0 aliphatic rings. The molecule has 0 aliphatic heterocycles. The summed E-state index contributed by atoms with van der Waals surface area (Å²) in [5.41, 5.74) is 0. The van der Waals surface area contributed by atoms with Crippen LogP contribution in [0.15, 0.2) is 0 Å². The third-order valence-electron chi connectivity index (χ3n) is 0. The lowest BCUT2D eigenvalue weighted by atomic mass is 10.3. The molecule has 0 saturated carbocycles. The molecule has 0 saturated heterocycles. The van der Waals surface area contributed by atoms with Gasteiger partial charge in [0.05, 0.1) is 0 Å². The second-order valence-corrected chi connectivity index (χ2v) is 1.39. The van der Waals surface area contributed by atoms with Crippen LogP contribution in [0, 0.1) is 0 Å². The predicted molar refractivity (Wildman–Crippen MR) is 67.7 cm³/mol. The summed E-state index contributed by atoms with van der Waals surface area (Å²) in [6, 6.07) is 0. The largest absolute Gasteiger partial charge is 0.631 e. The van der Waals surface area contributed by atoms with Gasteiger partial charge in [0.25, 0.3) is 0 Å². The average molecular weight is 337 g/mol. The molecule has 0 fully saturated rings. The minimum absolute atomic E-state index is 0. The highest BCUT2D eigenvalue weighted by Gasteiger charge is 1.93. The van der Waals surface area contributed by atoms with Gasteiger partial charge >= 0.3 is 29.3 Å². The van der Waals surface area contributed by atoms with Crippen molar-refractivity contribution < 1.29 is 87.7 Å². The molecule has 0 aliphatic carbocycles. The van der Waals surface area contributed by atoms with E-state index in [9.17, 15) is 0 Å². The molecule has 0 radical (unpaired) electrons. The summed E-state index contributed by atoms with van der Waals surface area (Å²) >= 11 is 0. The van der Waals surface area contributed by atoms with E-state index in [1.807, 2.05) is 0 Å². The molecule has 22 N–H and O–H groups in total. The van der Waals surface area contributed by atoms with Gasteiger partial charge in [-0.25, -0.2) is 0 Å². The van der Waals surface area contributed by atoms with Crippen molar-refractivity contribution in [1.82, 2.24) is 0 Å². The quantitative estimate of drug-likeness (QED) is 0.183. The van der Waals surface area contributed by atoms with E-state index in [0.717, 1.165) is 0 Å². The van der Waals surface area contributed by atoms with Crippen molar-refractivity contribution in [3.63, 3.8) is 0 Å². The van der Waals surface area contributed by atoms with Gasteiger partial charge in [-0.1, -0.05) is 0 Å². The van der Waals surface area contributed by atoms with E-state index in [0.29, 0.717) is 0 Å². The van der Waals surface area contributed by atoms with Gasteiger partial charge < -0.3 is 87.7 Å². The zero-order valence-corrected chi connectivity index (χ0v) is 10.2. The predicted octanol–water partition coefficient (Wildman–Crippen LogP) is -12.3. The van der Waals surface area contributed by atoms with Crippen LogP contribution in [-0.2, 0) is 0 Å². The fourth-order valence-corrected chi connectivity index (χ4v) is 0. The fourth-order valence-electron chi connectivity index (χ4n) is 0. The molecular weight excluding hydrogens is 315 g/mol. The van der Waals surface area contributed by atoms with E-state index in [2.05, 4.69) is 0 Å². The first-order valence-corrected chi connectivity index (χ1v) is 3.10. The van der Waals surface area contributed by atoms with Crippen molar-refractivity contribution in [2.75, 3.05) is 0 Å². The van der Waals surface area contributed by atoms with Gasteiger partial charge in [-0.05, 0) is 0 Å². The van der Waals surface area contributed by atoms with Crippen LogP contribution in [0.3, 0.4) is 0 Å². The Kier molecular flexibility index (Phi) is 141. The Hall–Kier alpha value is -0.420. The molecule has 0 atom stereocenters. The van der Waals surface area contributed by atoms with Gasteiger partial charge in [0, 0.05) is 0 Å². The van der Waals surface area contributed by atoms with Gasteiger partial charge in [0.15, 0.2) is 0 Å². The maximum Gasteiger partial charge on any atom is 0.631 e. The van der Waals surface area contributed by atoms with Crippen LogP contribution in [-0.4, -0.2) is 117 Å². The van der Waals surface area contributed by atoms with Crippen molar-refractivity contribution in [1.29, 1.82) is 0 Å². The molecule has 136 valence electrons. The van der Waals surface area contributed by atoms with Crippen LogP contribution in [0.2, 0.25) is 0 Å². The van der Waals surface area contributed by atoms with Gasteiger partial charge in [-0.2, -0.15) is 0 Å². The van der Waals surface area contributed by atoms with Gasteiger partial charge in [-0.15, -0.1) is 0 Å². The Balaban J connectivity index is -0.0000000121. The molecule has 0 heterocycles. The molecule has 0 amide bonds. The molecule has 21 heteroatoms. The zero-order valence-electron chi connectivity index (χ0n) is 10.2. The van der Waals surface area contributed by atoms with E-state index < -0.39 is 29.3 Å². The smallest absolute Gasteiger partial charge is 0.412 e. The fraction of sp³-hybridized carbons (Fsp3) is 0. The minimum atomic E-state index is -2.17. The first-order valence-electron chi connectivity index (χ1n) is 3.10. The van der Waals surface area contributed by atoms with Crippen molar-refractivity contribution >= 4 is 29.3 Å². The second-order valence-electron chi connectivity index (χ2n) is 1.39. The lowest BCUT2D eigenvalue weighted by Gasteiger charge is -1.69. The van der Waals surface area contributed by atoms with Crippen molar-refractivity contribution in [2.24, 2.45) is 0 Å². The summed E-state index contributed by atoms with van der Waals surface area (Å²) in [5, 5.41) is 86.0. The third-order valence-corrected chi connectivity index (χ3v) is 0. The van der Waals surface area contributed by atoms with Crippen molar-refractivity contribution in [3.8, 4) is 0 Å². The highest BCUT2D eigenvalue weighted by Crippen LogP contribution is 1.41. The number of hydrogen-bond donors (Lipinski definition) is 12. The van der Waals surface area contributed by atoms with Gasteiger partial charge in [0.1, 0.15) is 0 Å².